The molecule has 68 valence electrons. The molecule has 0 aliphatic heterocycles. The fourth-order valence-electron chi connectivity index (χ4n) is 1.12. The van der Waals surface area contributed by atoms with Crippen LogP contribution >= 0.6 is 0 Å². The summed E-state index contributed by atoms with van der Waals surface area (Å²) in [7, 11) is 0. The van der Waals surface area contributed by atoms with Crippen LogP contribution < -0.4 is 0 Å². The summed E-state index contributed by atoms with van der Waals surface area (Å²) in [5.41, 5.74) is 1.37. The van der Waals surface area contributed by atoms with Gasteiger partial charge >= 0.3 is 5.97 Å². The Balaban J connectivity index is 2.65. The van der Waals surface area contributed by atoms with Gasteiger partial charge in [0.2, 0.25) is 0 Å². The maximum Gasteiger partial charge on any atom is 0.333 e. The lowest BCUT2D eigenvalue weighted by atomic mass is 9.99. The van der Waals surface area contributed by atoms with Crippen LogP contribution in [-0.4, -0.2) is 12.6 Å². The van der Waals surface area contributed by atoms with Gasteiger partial charge in [0, 0.05) is 11.1 Å². The van der Waals surface area contributed by atoms with Gasteiger partial charge in [-0.3, -0.25) is 0 Å². The number of carbonyl (C=O) groups is 1. The van der Waals surface area contributed by atoms with Gasteiger partial charge in [0.05, 0.1) is 12.7 Å². The highest BCUT2D eigenvalue weighted by Gasteiger charge is 2.13. The number of hydrogen-bond acceptors (Lipinski definition) is 3. The van der Waals surface area contributed by atoms with Gasteiger partial charge in [-0.15, -0.1) is 0 Å². The van der Waals surface area contributed by atoms with E-state index in [-0.39, 0.29) is 5.97 Å². The van der Waals surface area contributed by atoms with Crippen molar-refractivity contribution in [3.63, 3.8) is 0 Å². The van der Waals surface area contributed by atoms with Gasteiger partial charge in [-0.05, 0) is 25.8 Å². The highest BCUT2D eigenvalue weighted by Crippen LogP contribution is 2.18. The molecule has 0 saturated heterocycles. The fourth-order valence-corrected chi connectivity index (χ4v) is 1.12. The Morgan fingerprint density at radius 3 is 2.85 bits per heavy atom. The predicted molar refractivity (Wildman–Crippen MR) is 47.6 cm³/mol. The molecule has 3 nitrogen and oxygen atoms in total. The molecular formula is C10H11NO2. The fraction of sp³-hybridized carbons (Fsp3) is 0.400. The lowest BCUT2D eigenvalue weighted by molar-refractivity contribution is -0.138. The largest absolute Gasteiger partial charge is 0.463 e. The number of carbonyl (C=O) groups excluding carboxylic acids is 1. The molecule has 0 aromatic heterocycles. The van der Waals surface area contributed by atoms with Gasteiger partial charge in [-0.1, -0.05) is 6.08 Å². The summed E-state index contributed by atoms with van der Waals surface area (Å²) in [6, 6.07) is 2.06. The van der Waals surface area contributed by atoms with Crippen molar-refractivity contribution in [2.45, 2.75) is 19.8 Å². The number of esters is 1. The van der Waals surface area contributed by atoms with Crippen LogP contribution in [0.4, 0.5) is 0 Å². The van der Waals surface area contributed by atoms with Crippen molar-refractivity contribution < 1.29 is 9.53 Å². The Morgan fingerprint density at radius 2 is 2.38 bits per heavy atom. The minimum absolute atomic E-state index is 0.268. The van der Waals surface area contributed by atoms with Gasteiger partial charge in [0.1, 0.15) is 0 Å². The SMILES string of the molecule is CCOC(=O)C1=CC=C(C#N)CC1. The molecule has 0 saturated carbocycles. The summed E-state index contributed by atoms with van der Waals surface area (Å²) in [4.78, 5) is 11.2. The van der Waals surface area contributed by atoms with E-state index in [2.05, 4.69) is 6.07 Å². The van der Waals surface area contributed by atoms with Gasteiger partial charge in [0.25, 0.3) is 0 Å². The van der Waals surface area contributed by atoms with E-state index in [0.717, 1.165) is 0 Å². The molecule has 0 radical (unpaired) electrons. The first-order valence-corrected chi connectivity index (χ1v) is 4.25. The normalized spacial score (nSPS) is 15.4. The molecule has 0 aromatic carbocycles. The molecular weight excluding hydrogens is 166 g/mol. The number of nitrogens with zero attached hydrogens (tertiary/aromatic N) is 1. The average molecular weight is 177 g/mol. The topological polar surface area (TPSA) is 50.1 Å². The van der Waals surface area contributed by atoms with Crippen LogP contribution in [0.5, 0.6) is 0 Å². The number of allylic oxidation sites excluding steroid dienone is 3. The lowest BCUT2D eigenvalue weighted by Gasteiger charge is -2.08. The predicted octanol–water partition coefficient (Wildman–Crippen LogP) is 1.72. The Bertz CT molecular complexity index is 307. The first-order valence-electron chi connectivity index (χ1n) is 4.25. The Kier molecular flexibility index (Phi) is 3.27. The third-order valence-corrected chi connectivity index (χ3v) is 1.83. The third kappa shape index (κ3) is 2.45. The number of rotatable bonds is 2. The van der Waals surface area contributed by atoms with E-state index < -0.39 is 0 Å². The van der Waals surface area contributed by atoms with E-state index in [0.29, 0.717) is 30.6 Å². The zero-order valence-electron chi connectivity index (χ0n) is 7.54. The third-order valence-electron chi connectivity index (χ3n) is 1.83. The zero-order valence-corrected chi connectivity index (χ0v) is 7.54. The Hall–Kier alpha value is -1.56. The number of hydrogen-bond donors (Lipinski definition) is 0. The van der Waals surface area contributed by atoms with Crippen LogP contribution in [0.3, 0.4) is 0 Å². The quantitative estimate of drug-likeness (QED) is 0.603. The van der Waals surface area contributed by atoms with Crippen molar-refractivity contribution in [2.24, 2.45) is 0 Å². The van der Waals surface area contributed by atoms with Crippen molar-refractivity contribution in [1.29, 1.82) is 5.26 Å². The summed E-state index contributed by atoms with van der Waals surface area (Å²) in [6.45, 7) is 2.17. The molecule has 1 aliphatic carbocycles. The lowest BCUT2D eigenvalue weighted by Crippen LogP contribution is -2.09. The summed E-state index contributed by atoms with van der Waals surface area (Å²) in [5.74, 6) is -0.268. The molecule has 13 heavy (non-hydrogen) atoms. The molecule has 0 atom stereocenters. The maximum atomic E-state index is 11.2. The van der Waals surface area contributed by atoms with Crippen LogP contribution in [0.25, 0.3) is 0 Å². The maximum absolute atomic E-state index is 11.2. The smallest absolute Gasteiger partial charge is 0.333 e. The van der Waals surface area contributed by atoms with E-state index in [1.165, 1.54) is 0 Å². The number of nitriles is 1. The highest BCUT2D eigenvalue weighted by molar-refractivity contribution is 5.89. The van der Waals surface area contributed by atoms with Crippen LogP contribution in [-0.2, 0) is 9.53 Å². The monoisotopic (exact) mass is 177 g/mol. The summed E-state index contributed by atoms with van der Waals surface area (Å²) < 4.78 is 4.83. The van der Waals surface area contributed by atoms with Crippen molar-refractivity contribution in [3.05, 3.63) is 23.3 Å². The van der Waals surface area contributed by atoms with Crippen LogP contribution in [0.2, 0.25) is 0 Å². The molecule has 0 N–H and O–H groups in total. The van der Waals surface area contributed by atoms with E-state index in [9.17, 15) is 4.79 Å². The Labute approximate surface area is 77.3 Å². The number of ether oxygens (including phenoxy) is 1. The average Bonchev–Trinajstić information content (AvgIpc) is 2.18. The molecule has 0 bridgehead atoms. The van der Waals surface area contributed by atoms with Crippen molar-refractivity contribution in [3.8, 4) is 6.07 Å². The molecule has 0 amide bonds. The molecule has 1 rings (SSSR count). The second-order valence-corrected chi connectivity index (χ2v) is 2.72. The summed E-state index contributed by atoms with van der Waals surface area (Å²) >= 11 is 0. The van der Waals surface area contributed by atoms with Gasteiger partial charge in [-0.25, -0.2) is 4.79 Å². The highest BCUT2D eigenvalue weighted by atomic mass is 16.5. The minimum atomic E-state index is -0.268. The van der Waals surface area contributed by atoms with Crippen LogP contribution in [0, 0.1) is 11.3 Å². The summed E-state index contributed by atoms with van der Waals surface area (Å²) in [5, 5.41) is 8.56. The second-order valence-electron chi connectivity index (χ2n) is 2.72. The second kappa shape index (κ2) is 4.46. The molecule has 0 aromatic rings. The molecule has 0 heterocycles. The standard InChI is InChI=1S/C10H11NO2/c1-2-13-10(12)9-5-3-8(7-11)4-6-9/h3,5H,2,4,6H2,1H3. The molecule has 0 fully saturated rings. The van der Waals surface area contributed by atoms with Gasteiger partial charge < -0.3 is 4.74 Å². The van der Waals surface area contributed by atoms with Gasteiger partial charge in [0.15, 0.2) is 0 Å². The molecule has 1 aliphatic rings. The van der Waals surface area contributed by atoms with Gasteiger partial charge in [-0.2, -0.15) is 5.26 Å². The van der Waals surface area contributed by atoms with E-state index in [4.69, 9.17) is 10.00 Å². The Morgan fingerprint density at radius 1 is 1.62 bits per heavy atom. The molecule has 3 heteroatoms. The van der Waals surface area contributed by atoms with Crippen LogP contribution in [0.1, 0.15) is 19.8 Å². The molecule has 0 spiro atoms. The minimum Gasteiger partial charge on any atom is -0.463 e. The summed E-state index contributed by atoms with van der Waals surface area (Å²) in [6.07, 6.45) is 4.59. The van der Waals surface area contributed by atoms with Crippen molar-refractivity contribution >= 4 is 5.97 Å². The van der Waals surface area contributed by atoms with E-state index >= 15 is 0 Å². The van der Waals surface area contributed by atoms with Crippen LogP contribution in [0.15, 0.2) is 23.3 Å². The first kappa shape index (κ1) is 9.53. The zero-order chi connectivity index (χ0) is 9.68. The van der Waals surface area contributed by atoms with Crippen molar-refractivity contribution in [1.82, 2.24) is 0 Å². The van der Waals surface area contributed by atoms with E-state index in [1.807, 2.05) is 0 Å². The molecule has 0 unspecified atom stereocenters. The first-order chi connectivity index (χ1) is 6.27. The van der Waals surface area contributed by atoms with E-state index in [1.54, 1.807) is 19.1 Å². The van der Waals surface area contributed by atoms with Crippen molar-refractivity contribution in [2.75, 3.05) is 6.61 Å².